The second kappa shape index (κ2) is 3.82. The number of hydrogen-bond donors (Lipinski definition) is 1. The molecular formula is C8H8N6O. The number of rotatable bonds is 2. The topological polar surface area (TPSA) is 85.6 Å². The van der Waals surface area contributed by atoms with Crippen molar-refractivity contribution in [3.8, 4) is 0 Å². The predicted octanol–water partition coefficient (Wildman–Crippen LogP) is -0.143. The van der Waals surface area contributed by atoms with Crippen molar-refractivity contribution < 1.29 is 4.79 Å². The van der Waals surface area contributed by atoms with Gasteiger partial charge in [-0.1, -0.05) is 11.2 Å². The Morgan fingerprint density at radius 1 is 1.47 bits per heavy atom. The normalized spacial score (nSPS) is 9.93. The molecular weight excluding hydrogens is 196 g/mol. The minimum atomic E-state index is -0.339. The van der Waals surface area contributed by atoms with Crippen LogP contribution in [-0.2, 0) is 7.05 Å². The van der Waals surface area contributed by atoms with Gasteiger partial charge in [-0.3, -0.25) is 15.1 Å². The molecule has 1 amide bonds. The Balaban J connectivity index is 2.15. The van der Waals surface area contributed by atoms with E-state index in [1.807, 2.05) is 0 Å². The van der Waals surface area contributed by atoms with E-state index in [4.69, 9.17) is 0 Å². The number of aromatic nitrogens is 5. The van der Waals surface area contributed by atoms with Gasteiger partial charge in [0.05, 0.1) is 0 Å². The average Bonchev–Trinajstić information content (AvgIpc) is 2.66. The largest absolute Gasteiger partial charge is 0.288 e. The van der Waals surface area contributed by atoms with Crippen LogP contribution in [-0.4, -0.2) is 31.1 Å². The van der Waals surface area contributed by atoms with Gasteiger partial charge in [-0.05, 0) is 22.6 Å². The van der Waals surface area contributed by atoms with Crippen LogP contribution in [0.3, 0.4) is 0 Å². The molecule has 0 saturated carbocycles. The summed E-state index contributed by atoms with van der Waals surface area (Å²) in [7, 11) is 1.63. The Bertz CT molecular complexity index is 465. The molecule has 0 aromatic carbocycles. The van der Waals surface area contributed by atoms with Gasteiger partial charge in [0.15, 0.2) is 0 Å². The maximum Gasteiger partial charge on any atom is 0.276 e. The molecule has 2 heterocycles. The number of nitrogens with zero attached hydrogens (tertiary/aromatic N) is 5. The molecule has 76 valence electrons. The van der Waals surface area contributed by atoms with Crippen molar-refractivity contribution in [3.05, 3.63) is 30.1 Å². The van der Waals surface area contributed by atoms with Crippen LogP contribution in [0.5, 0.6) is 0 Å². The number of anilines is 1. The van der Waals surface area contributed by atoms with Crippen LogP contribution in [0, 0.1) is 0 Å². The van der Waals surface area contributed by atoms with E-state index in [1.54, 1.807) is 31.4 Å². The molecule has 0 aliphatic rings. The highest BCUT2D eigenvalue weighted by Crippen LogP contribution is 2.00. The number of pyridine rings is 1. The van der Waals surface area contributed by atoms with Crippen LogP contribution < -0.4 is 5.32 Å². The Morgan fingerprint density at radius 3 is 2.93 bits per heavy atom. The third-order valence-corrected chi connectivity index (χ3v) is 1.74. The third kappa shape index (κ3) is 1.96. The molecule has 7 heteroatoms. The molecule has 15 heavy (non-hydrogen) atoms. The maximum atomic E-state index is 11.6. The molecule has 7 nitrogen and oxygen atoms in total. The Morgan fingerprint density at radius 2 is 2.33 bits per heavy atom. The summed E-state index contributed by atoms with van der Waals surface area (Å²) in [6.07, 6.45) is 1.55. The number of aryl methyl sites for hydroxylation is 1. The van der Waals surface area contributed by atoms with Gasteiger partial charge in [0.25, 0.3) is 5.91 Å². The number of tetrazole rings is 1. The summed E-state index contributed by atoms with van der Waals surface area (Å²) >= 11 is 0. The molecule has 0 saturated heterocycles. The number of carbonyl (C=O) groups excluding carboxylic acids is 1. The summed E-state index contributed by atoms with van der Waals surface area (Å²) < 4.78 is 1.36. The third-order valence-electron chi connectivity index (χ3n) is 1.74. The van der Waals surface area contributed by atoms with Crippen molar-refractivity contribution in [2.24, 2.45) is 7.05 Å². The van der Waals surface area contributed by atoms with Crippen molar-refractivity contribution in [2.75, 3.05) is 5.32 Å². The molecule has 0 aliphatic carbocycles. The first kappa shape index (κ1) is 9.25. The van der Waals surface area contributed by atoms with Crippen molar-refractivity contribution in [3.63, 3.8) is 0 Å². The molecule has 1 N–H and O–H groups in total. The smallest absolute Gasteiger partial charge is 0.276 e. The fraction of sp³-hybridized carbons (Fsp3) is 0.125. The van der Waals surface area contributed by atoms with Gasteiger partial charge in [0.2, 0.25) is 5.95 Å². The minimum Gasteiger partial charge on any atom is -0.288 e. The SMILES string of the molecule is Cn1nnnc1NC(=O)c1ccccn1. The van der Waals surface area contributed by atoms with E-state index < -0.39 is 0 Å². The van der Waals surface area contributed by atoms with Gasteiger partial charge in [-0.15, -0.1) is 0 Å². The highest BCUT2D eigenvalue weighted by atomic mass is 16.2. The molecule has 0 fully saturated rings. The Kier molecular flexibility index (Phi) is 2.36. The lowest BCUT2D eigenvalue weighted by Crippen LogP contribution is -2.16. The van der Waals surface area contributed by atoms with Crippen LogP contribution in [0.4, 0.5) is 5.95 Å². The van der Waals surface area contributed by atoms with E-state index in [9.17, 15) is 4.79 Å². The highest BCUT2D eigenvalue weighted by molar-refractivity contribution is 6.01. The summed E-state index contributed by atoms with van der Waals surface area (Å²) in [6, 6.07) is 5.08. The Hall–Kier alpha value is -2.31. The molecule has 0 atom stereocenters. The van der Waals surface area contributed by atoms with E-state index >= 15 is 0 Å². The second-order valence-electron chi connectivity index (χ2n) is 2.80. The minimum absolute atomic E-state index is 0.283. The van der Waals surface area contributed by atoms with E-state index in [-0.39, 0.29) is 11.9 Å². The van der Waals surface area contributed by atoms with E-state index in [2.05, 4.69) is 25.8 Å². The molecule has 0 bridgehead atoms. The summed E-state index contributed by atoms with van der Waals surface area (Å²) in [5, 5.41) is 13.1. The quantitative estimate of drug-likeness (QED) is 0.735. The fourth-order valence-electron chi connectivity index (χ4n) is 0.998. The van der Waals surface area contributed by atoms with Gasteiger partial charge < -0.3 is 0 Å². The monoisotopic (exact) mass is 204 g/mol. The van der Waals surface area contributed by atoms with Crippen LogP contribution in [0.25, 0.3) is 0 Å². The predicted molar refractivity (Wildman–Crippen MR) is 51.0 cm³/mol. The van der Waals surface area contributed by atoms with Crippen LogP contribution in [0.1, 0.15) is 10.5 Å². The van der Waals surface area contributed by atoms with Gasteiger partial charge in [0.1, 0.15) is 5.69 Å². The van der Waals surface area contributed by atoms with Crippen molar-refractivity contribution >= 4 is 11.9 Å². The molecule has 0 radical (unpaired) electrons. The molecule has 2 aromatic heterocycles. The van der Waals surface area contributed by atoms with Crippen LogP contribution in [0.2, 0.25) is 0 Å². The number of hydrogen-bond acceptors (Lipinski definition) is 5. The summed E-state index contributed by atoms with van der Waals surface area (Å²) in [5.41, 5.74) is 0.320. The zero-order valence-electron chi connectivity index (χ0n) is 7.95. The molecule has 0 spiro atoms. The highest BCUT2D eigenvalue weighted by Gasteiger charge is 2.10. The van der Waals surface area contributed by atoms with Crippen LogP contribution in [0.15, 0.2) is 24.4 Å². The zero-order chi connectivity index (χ0) is 10.7. The molecule has 0 aliphatic heterocycles. The number of amides is 1. The maximum absolute atomic E-state index is 11.6. The van der Waals surface area contributed by atoms with Gasteiger partial charge in [-0.25, -0.2) is 4.68 Å². The number of nitrogens with one attached hydrogen (secondary N) is 1. The lowest BCUT2D eigenvalue weighted by Gasteiger charge is -2.00. The van der Waals surface area contributed by atoms with E-state index in [0.717, 1.165) is 0 Å². The summed E-state index contributed by atoms with van der Waals surface area (Å²) in [5.74, 6) is -0.0563. The van der Waals surface area contributed by atoms with Crippen molar-refractivity contribution in [2.45, 2.75) is 0 Å². The summed E-state index contributed by atoms with van der Waals surface area (Å²) in [4.78, 5) is 15.5. The van der Waals surface area contributed by atoms with Crippen molar-refractivity contribution in [1.29, 1.82) is 0 Å². The molecule has 2 rings (SSSR count). The average molecular weight is 204 g/mol. The zero-order valence-corrected chi connectivity index (χ0v) is 7.95. The first-order valence-corrected chi connectivity index (χ1v) is 4.22. The van der Waals surface area contributed by atoms with Crippen LogP contribution >= 0.6 is 0 Å². The van der Waals surface area contributed by atoms with Gasteiger partial charge >= 0.3 is 0 Å². The first-order valence-electron chi connectivity index (χ1n) is 4.22. The Labute approximate surface area is 85.1 Å². The standard InChI is InChI=1S/C8H8N6O/c1-14-8(11-12-13-14)10-7(15)6-4-2-3-5-9-6/h2-5H,1H3,(H,10,11,13,15). The second-order valence-corrected chi connectivity index (χ2v) is 2.80. The summed E-state index contributed by atoms with van der Waals surface area (Å²) in [6.45, 7) is 0. The molecule has 2 aromatic rings. The number of carbonyl (C=O) groups is 1. The first-order chi connectivity index (χ1) is 7.27. The van der Waals surface area contributed by atoms with Gasteiger partial charge in [-0.2, -0.15) is 0 Å². The van der Waals surface area contributed by atoms with Crippen molar-refractivity contribution in [1.82, 2.24) is 25.2 Å². The fourth-order valence-corrected chi connectivity index (χ4v) is 0.998. The van der Waals surface area contributed by atoms with E-state index in [0.29, 0.717) is 5.69 Å². The lowest BCUT2D eigenvalue weighted by molar-refractivity contribution is 0.102. The van der Waals surface area contributed by atoms with E-state index in [1.165, 1.54) is 4.68 Å². The molecule has 0 unspecified atom stereocenters. The lowest BCUT2D eigenvalue weighted by atomic mass is 10.3. The van der Waals surface area contributed by atoms with Gasteiger partial charge in [0, 0.05) is 13.2 Å².